The molecule has 5 aromatic rings. The van der Waals surface area contributed by atoms with Crippen LogP contribution in [0, 0.1) is 18.6 Å². The van der Waals surface area contributed by atoms with Gasteiger partial charge in [0.1, 0.15) is 35.5 Å². The van der Waals surface area contributed by atoms with E-state index in [1.165, 1.54) is 6.07 Å². The Morgan fingerprint density at radius 1 is 1.08 bits per heavy atom. The maximum absolute atomic E-state index is 14.6. The molecule has 36 heavy (non-hydrogen) atoms. The summed E-state index contributed by atoms with van der Waals surface area (Å²) in [5, 5.41) is 0.371. The van der Waals surface area contributed by atoms with Crippen LogP contribution in [0.15, 0.2) is 54.6 Å². The quantitative estimate of drug-likeness (QED) is 0.349. The Morgan fingerprint density at radius 2 is 1.89 bits per heavy atom. The number of carbonyl (C=O) groups is 1. The highest BCUT2D eigenvalue weighted by Crippen LogP contribution is 2.32. The van der Waals surface area contributed by atoms with Gasteiger partial charge in [-0.15, -0.1) is 0 Å². The molecule has 0 aliphatic carbocycles. The molecular formula is C28H24F2N4O2. The number of nitrogens with zero attached hydrogens (tertiary/aromatic N) is 3. The first-order valence-corrected chi connectivity index (χ1v) is 11.9. The molecule has 0 bridgehead atoms. The van der Waals surface area contributed by atoms with E-state index in [2.05, 4.69) is 16.0 Å². The number of halogens is 2. The number of aromatic amines is 1. The fraction of sp³-hybridized carbons (Fsp3) is 0.214. The predicted molar refractivity (Wildman–Crippen MR) is 134 cm³/mol. The summed E-state index contributed by atoms with van der Waals surface area (Å²) in [6.45, 7) is 5.21. The smallest absolute Gasteiger partial charge is 0.270 e. The maximum atomic E-state index is 14.6. The van der Waals surface area contributed by atoms with Crippen molar-refractivity contribution in [1.82, 2.24) is 19.4 Å². The topological polar surface area (TPSA) is 63.1 Å². The molecule has 182 valence electrons. The van der Waals surface area contributed by atoms with Crippen LogP contribution in [0.2, 0.25) is 0 Å². The molecule has 6 nitrogen and oxygen atoms in total. The maximum Gasteiger partial charge on any atom is 0.270 e. The zero-order valence-corrected chi connectivity index (χ0v) is 19.9. The molecule has 0 saturated heterocycles. The number of aryl methyl sites for hydroxylation is 2. The molecule has 1 N–H and O–H groups in total. The lowest BCUT2D eigenvalue weighted by molar-refractivity contribution is 0.0723. The van der Waals surface area contributed by atoms with Crippen LogP contribution >= 0.6 is 0 Å². The van der Waals surface area contributed by atoms with Crippen LogP contribution in [-0.4, -0.2) is 38.5 Å². The van der Waals surface area contributed by atoms with E-state index in [4.69, 9.17) is 4.74 Å². The minimum absolute atomic E-state index is 0.237. The van der Waals surface area contributed by atoms with Gasteiger partial charge in [-0.2, -0.15) is 0 Å². The first-order valence-electron chi connectivity index (χ1n) is 11.9. The van der Waals surface area contributed by atoms with Crippen LogP contribution in [0.3, 0.4) is 0 Å². The van der Waals surface area contributed by atoms with Crippen molar-refractivity contribution in [2.24, 2.45) is 0 Å². The number of rotatable bonds is 3. The van der Waals surface area contributed by atoms with E-state index >= 15 is 0 Å². The second kappa shape index (κ2) is 8.48. The van der Waals surface area contributed by atoms with Crippen molar-refractivity contribution in [2.75, 3.05) is 13.2 Å². The molecule has 3 aromatic carbocycles. The van der Waals surface area contributed by atoms with Crippen molar-refractivity contribution >= 4 is 27.8 Å². The highest BCUT2D eigenvalue weighted by atomic mass is 19.1. The lowest BCUT2D eigenvalue weighted by Gasteiger charge is -2.21. The zero-order chi connectivity index (χ0) is 25.0. The number of H-pyrrole nitrogens is 1. The molecular weight excluding hydrogens is 462 g/mol. The Hall–Kier alpha value is -4.20. The van der Waals surface area contributed by atoms with Crippen LogP contribution in [0.25, 0.3) is 33.1 Å². The lowest BCUT2D eigenvalue weighted by Crippen LogP contribution is -2.33. The lowest BCUT2D eigenvalue weighted by atomic mass is 10.0. The largest absolute Gasteiger partial charge is 0.491 e. The van der Waals surface area contributed by atoms with Gasteiger partial charge < -0.3 is 19.2 Å². The minimum atomic E-state index is -0.676. The summed E-state index contributed by atoms with van der Waals surface area (Å²) in [5.74, 6) is 0.00403. The summed E-state index contributed by atoms with van der Waals surface area (Å²) >= 11 is 0. The summed E-state index contributed by atoms with van der Waals surface area (Å²) in [7, 11) is 0. The summed E-state index contributed by atoms with van der Waals surface area (Å²) in [4.78, 5) is 23.1. The fourth-order valence-corrected chi connectivity index (χ4v) is 5.06. The number of nitrogens with one attached hydrogen (secondary N) is 1. The second-order valence-corrected chi connectivity index (χ2v) is 9.05. The van der Waals surface area contributed by atoms with E-state index in [1.54, 1.807) is 15.5 Å². The summed E-state index contributed by atoms with van der Waals surface area (Å²) < 4.78 is 35.9. The van der Waals surface area contributed by atoms with Crippen molar-refractivity contribution in [3.8, 4) is 16.9 Å². The third-order valence-electron chi connectivity index (χ3n) is 6.71. The molecule has 0 fully saturated rings. The monoisotopic (exact) mass is 486 g/mol. The van der Waals surface area contributed by atoms with Gasteiger partial charge in [-0.05, 0) is 61.4 Å². The predicted octanol–water partition coefficient (Wildman–Crippen LogP) is 5.83. The highest BCUT2D eigenvalue weighted by Gasteiger charge is 2.26. The number of fused-ring (bicyclic) bond motifs is 3. The zero-order valence-electron chi connectivity index (χ0n) is 19.9. The van der Waals surface area contributed by atoms with Crippen molar-refractivity contribution in [1.29, 1.82) is 0 Å². The normalized spacial score (nSPS) is 13.6. The van der Waals surface area contributed by atoms with Gasteiger partial charge in [0, 0.05) is 30.1 Å². The Balaban J connectivity index is 1.35. The van der Waals surface area contributed by atoms with E-state index in [9.17, 15) is 13.6 Å². The standard InChI is InChI=1S/C28H24F2N4O2/c1-3-34-25(13-19-11-21(29)14-22(30)27(19)34)28(35)33-8-9-36-26-7-5-17(10-20(26)15-33)18-4-6-23-24(12-18)32-16(2)31-23/h4-7,10-14H,3,8-9,15H2,1-2H3,(H,31,32). The van der Waals surface area contributed by atoms with E-state index < -0.39 is 11.6 Å². The molecule has 3 heterocycles. The number of aromatic nitrogens is 3. The first kappa shape index (κ1) is 22.3. The van der Waals surface area contributed by atoms with Gasteiger partial charge in [0.15, 0.2) is 0 Å². The van der Waals surface area contributed by atoms with Gasteiger partial charge in [-0.1, -0.05) is 12.1 Å². The molecule has 1 amide bonds. The fourth-order valence-electron chi connectivity index (χ4n) is 5.06. The summed E-state index contributed by atoms with van der Waals surface area (Å²) in [5.41, 5.74) is 5.35. The van der Waals surface area contributed by atoms with E-state index in [0.717, 1.165) is 45.4 Å². The molecule has 2 aromatic heterocycles. The first-order chi connectivity index (χ1) is 17.4. The van der Waals surface area contributed by atoms with Gasteiger partial charge in [0.25, 0.3) is 5.91 Å². The van der Waals surface area contributed by atoms with Crippen LogP contribution in [0.5, 0.6) is 5.75 Å². The van der Waals surface area contributed by atoms with Gasteiger partial charge in [-0.3, -0.25) is 4.79 Å². The Labute approximate surface area is 206 Å². The average molecular weight is 487 g/mol. The number of amides is 1. The van der Waals surface area contributed by atoms with E-state index in [1.807, 2.05) is 44.2 Å². The molecule has 6 rings (SSSR count). The Kier molecular flexibility index (Phi) is 5.25. The second-order valence-electron chi connectivity index (χ2n) is 9.05. The van der Waals surface area contributed by atoms with Crippen LogP contribution in [0.1, 0.15) is 28.8 Å². The number of benzene rings is 3. The van der Waals surface area contributed by atoms with Gasteiger partial charge in [0.2, 0.25) is 0 Å². The van der Waals surface area contributed by atoms with E-state index in [-0.39, 0.29) is 11.4 Å². The molecule has 0 atom stereocenters. The Bertz CT molecular complexity index is 1650. The SMILES string of the molecule is CCn1c(C(=O)N2CCOc3ccc(-c4ccc5nc(C)[nH]c5c4)cc3C2)cc2cc(F)cc(F)c21. The third kappa shape index (κ3) is 3.69. The number of hydrogen-bond acceptors (Lipinski definition) is 3. The van der Waals surface area contributed by atoms with Gasteiger partial charge >= 0.3 is 0 Å². The average Bonchev–Trinajstić information content (AvgIpc) is 3.34. The Morgan fingerprint density at radius 3 is 2.72 bits per heavy atom. The van der Waals surface area contributed by atoms with Crippen LogP contribution < -0.4 is 4.74 Å². The number of imidazole rings is 1. The van der Waals surface area contributed by atoms with Crippen LogP contribution in [-0.2, 0) is 13.1 Å². The van der Waals surface area contributed by atoms with Gasteiger partial charge in [-0.25, -0.2) is 13.8 Å². The third-order valence-corrected chi connectivity index (χ3v) is 6.71. The molecule has 1 aliphatic rings. The molecule has 1 aliphatic heterocycles. The van der Waals surface area contributed by atoms with E-state index in [0.29, 0.717) is 37.3 Å². The number of ether oxygens (including phenoxy) is 1. The molecule has 0 saturated carbocycles. The number of carbonyl (C=O) groups excluding carboxylic acids is 1. The summed E-state index contributed by atoms with van der Waals surface area (Å²) in [6, 6.07) is 15.7. The van der Waals surface area contributed by atoms with Crippen LogP contribution in [0.4, 0.5) is 8.78 Å². The van der Waals surface area contributed by atoms with Gasteiger partial charge in [0.05, 0.1) is 23.1 Å². The summed E-state index contributed by atoms with van der Waals surface area (Å²) in [6.07, 6.45) is 0. The number of hydrogen-bond donors (Lipinski definition) is 1. The van der Waals surface area contributed by atoms with Crippen molar-refractivity contribution in [3.63, 3.8) is 0 Å². The van der Waals surface area contributed by atoms with Crippen molar-refractivity contribution in [2.45, 2.75) is 26.9 Å². The molecule has 0 unspecified atom stereocenters. The van der Waals surface area contributed by atoms with Crippen molar-refractivity contribution < 1.29 is 18.3 Å². The highest BCUT2D eigenvalue weighted by molar-refractivity contribution is 5.99. The van der Waals surface area contributed by atoms with Crippen molar-refractivity contribution in [3.05, 3.63) is 83.3 Å². The molecule has 0 spiro atoms. The minimum Gasteiger partial charge on any atom is -0.491 e. The molecule has 8 heteroatoms. The molecule has 0 radical (unpaired) electrons.